The Bertz CT molecular complexity index is 472. The van der Waals surface area contributed by atoms with Gasteiger partial charge in [0.15, 0.2) is 0 Å². The summed E-state index contributed by atoms with van der Waals surface area (Å²) in [6.45, 7) is 7.53. The lowest BCUT2D eigenvalue weighted by Crippen LogP contribution is -2.50. The van der Waals surface area contributed by atoms with Crippen molar-refractivity contribution in [2.24, 2.45) is 17.1 Å². The Hall–Kier alpha value is -0.930. The molecule has 2 N–H and O–H groups in total. The maximum atomic E-state index is 13.9. The Balaban J connectivity index is 2.04. The molecule has 0 amide bonds. The summed E-state index contributed by atoms with van der Waals surface area (Å²) in [4.78, 5) is 2.24. The molecule has 1 fully saturated rings. The van der Waals surface area contributed by atoms with E-state index in [0.717, 1.165) is 12.1 Å². The molecule has 21 heavy (non-hydrogen) atoms. The van der Waals surface area contributed by atoms with E-state index in [4.69, 9.17) is 5.73 Å². The van der Waals surface area contributed by atoms with Crippen molar-refractivity contribution in [3.8, 4) is 0 Å². The van der Waals surface area contributed by atoms with Crippen LogP contribution in [0.5, 0.6) is 0 Å². The van der Waals surface area contributed by atoms with Crippen LogP contribution < -0.4 is 5.73 Å². The number of nitrogens with two attached hydrogens (primary N) is 1. The predicted molar refractivity (Wildman–Crippen MR) is 86.5 cm³/mol. The first kappa shape index (κ1) is 16.4. The van der Waals surface area contributed by atoms with Crippen LogP contribution in [0.25, 0.3) is 0 Å². The number of nitrogens with zero attached hydrogens (tertiary/aromatic N) is 1. The molecule has 1 aromatic carbocycles. The molecule has 1 aromatic rings. The number of rotatable bonds is 4. The summed E-state index contributed by atoms with van der Waals surface area (Å²) in [5.74, 6) is 0.373. The van der Waals surface area contributed by atoms with Crippen LogP contribution in [0.4, 0.5) is 4.39 Å². The smallest absolute Gasteiger partial charge is 0.127 e. The lowest BCUT2D eigenvalue weighted by Gasteiger charge is -2.44. The molecular weight excluding hydrogens is 263 g/mol. The van der Waals surface area contributed by atoms with E-state index < -0.39 is 0 Å². The summed E-state index contributed by atoms with van der Waals surface area (Å²) >= 11 is 0. The highest BCUT2D eigenvalue weighted by Crippen LogP contribution is 2.38. The number of hydrogen-bond donors (Lipinski definition) is 1. The van der Waals surface area contributed by atoms with Crippen LogP contribution in [0.15, 0.2) is 24.3 Å². The normalized spacial score (nSPS) is 26.8. The van der Waals surface area contributed by atoms with E-state index in [-0.39, 0.29) is 23.3 Å². The highest BCUT2D eigenvalue weighted by Gasteiger charge is 2.37. The van der Waals surface area contributed by atoms with Crippen LogP contribution in [-0.2, 0) is 0 Å². The molecule has 0 heterocycles. The minimum absolute atomic E-state index is 0.0726. The Morgan fingerprint density at radius 3 is 2.71 bits per heavy atom. The minimum atomic E-state index is -0.120. The van der Waals surface area contributed by atoms with Crippen molar-refractivity contribution in [2.45, 2.75) is 52.1 Å². The molecule has 3 heteroatoms. The Kier molecular flexibility index (Phi) is 5.05. The van der Waals surface area contributed by atoms with E-state index in [0.29, 0.717) is 5.92 Å². The van der Waals surface area contributed by atoms with Gasteiger partial charge in [-0.1, -0.05) is 38.5 Å². The van der Waals surface area contributed by atoms with E-state index in [1.807, 2.05) is 12.1 Å². The zero-order valence-electron chi connectivity index (χ0n) is 13.8. The van der Waals surface area contributed by atoms with Crippen molar-refractivity contribution in [3.63, 3.8) is 0 Å². The Morgan fingerprint density at radius 2 is 2.05 bits per heavy atom. The average molecular weight is 292 g/mol. The third-order valence-corrected chi connectivity index (χ3v) is 5.35. The Labute approximate surface area is 128 Å². The minimum Gasteiger partial charge on any atom is -0.327 e. The summed E-state index contributed by atoms with van der Waals surface area (Å²) in [5, 5.41) is 0. The summed E-state index contributed by atoms with van der Waals surface area (Å²) in [6.07, 6.45) is 3.63. The number of hydrogen-bond acceptors (Lipinski definition) is 2. The first-order valence-electron chi connectivity index (χ1n) is 8.03. The van der Waals surface area contributed by atoms with Gasteiger partial charge >= 0.3 is 0 Å². The molecule has 3 atom stereocenters. The van der Waals surface area contributed by atoms with Crippen molar-refractivity contribution in [1.29, 1.82) is 0 Å². The second-order valence-corrected chi connectivity index (χ2v) is 7.30. The van der Waals surface area contributed by atoms with Gasteiger partial charge in [-0.15, -0.1) is 0 Å². The zero-order valence-corrected chi connectivity index (χ0v) is 13.8. The predicted octanol–water partition coefficient (Wildman–Crippen LogP) is 3.97. The van der Waals surface area contributed by atoms with Gasteiger partial charge in [0.2, 0.25) is 0 Å². The standard InChI is InChI=1S/C18H29FN2/c1-13(15-9-5-6-10-16(15)19)21(4)12-14-8-7-11-18(2,3)17(14)20/h5-6,9-10,13-14,17H,7-8,11-12,20H2,1-4H3. The third-order valence-electron chi connectivity index (χ3n) is 5.35. The summed E-state index contributed by atoms with van der Waals surface area (Å²) in [7, 11) is 2.07. The molecule has 1 aliphatic rings. The van der Waals surface area contributed by atoms with Gasteiger partial charge in [0.1, 0.15) is 5.82 Å². The van der Waals surface area contributed by atoms with Gasteiger partial charge < -0.3 is 5.73 Å². The molecule has 2 nitrogen and oxygen atoms in total. The van der Waals surface area contributed by atoms with Gasteiger partial charge in [-0.2, -0.15) is 0 Å². The Morgan fingerprint density at radius 1 is 1.38 bits per heavy atom. The van der Waals surface area contributed by atoms with E-state index >= 15 is 0 Å². The molecule has 0 radical (unpaired) electrons. The van der Waals surface area contributed by atoms with Crippen LogP contribution in [0.3, 0.4) is 0 Å². The van der Waals surface area contributed by atoms with E-state index in [2.05, 4.69) is 32.7 Å². The van der Waals surface area contributed by atoms with Gasteiger partial charge in [0.25, 0.3) is 0 Å². The third kappa shape index (κ3) is 3.64. The molecule has 0 spiro atoms. The molecular formula is C18H29FN2. The number of benzene rings is 1. The fourth-order valence-electron chi connectivity index (χ4n) is 3.59. The summed E-state index contributed by atoms with van der Waals surface area (Å²) in [5.41, 5.74) is 7.45. The van der Waals surface area contributed by atoms with Crippen molar-refractivity contribution >= 4 is 0 Å². The molecule has 2 rings (SSSR count). The lowest BCUT2D eigenvalue weighted by atomic mass is 9.68. The quantitative estimate of drug-likeness (QED) is 0.909. The van der Waals surface area contributed by atoms with Crippen LogP contribution in [0.2, 0.25) is 0 Å². The second kappa shape index (κ2) is 6.45. The fraction of sp³-hybridized carbons (Fsp3) is 0.667. The highest BCUT2D eigenvalue weighted by atomic mass is 19.1. The monoisotopic (exact) mass is 292 g/mol. The van der Waals surface area contributed by atoms with Gasteiger partial charge in [0, 0.05) is 24.2 Å². The van der Waals surface area contributed by atoms with Crippen molar-refractivity contribution in [2.75, 3.05) is 13.6 Å². The molecule has 3 unspecified atom stereocenters. The molecule has 0 bridgehead atoms. The van der Waals surface area contributed by atoms with E-state index in [1.165, 1.54) is 25.3 Å². The number of halogens is 1. The average Bonchev–Trinajstić information content (AvgIpc) is 2.43. The van der Waals surface area contributed by atoms with E-state index in [1.54, 1.807) is 6.07 Å². The maximum Gasteiger partial charge on any atom is 0.127 e. The molecule has 0 saturated heterocycles. The second-order valence-electron chi connectivity index (χ2n) is 7.30. The van der Waals surface area contributed by atoms with Crippen molar-refractivity contribution in [1.82, 2.24) is 4.90 Å². The van der Waals surface area contributed by atoms with Crippen molar-refractivity contribution < 1.29 is 4.39 Å². The van der Waals surface area contributed by atoms with Gasteiger partial charge in [-0.25, -0.2) is 4.39 Å². The molecule has 1 aliphatic carbocycles. The van der Waals surface area contributed by atoms with Crippen LogP contribution in [-0.4, -0.2) is 24.5 Å². The fourth-order valence-corrected chi connectivity index (χ4v) is 3.59. The summed E-state index contributed by atoms with van der Waals surface area (Å²) < 4.78 is 13.9. The van der Waals surface area contributed by atoms with Crippen LogP contribution >= 0.6 is 0 Å². The maximum absolute atomic E-state index is 13.9. The summed E-state index contributed by atoms with van der Waals surface area (Å²) in [6, 6.07) is 7.35. The topological polar surface area (TPSA) is 29.3 Å². The first-order valence-corrected chi connectivity index (χ1v) is 8.03. The molecule has 0 aromatic heterocycles. The van der Waals surface area contributed by atoms with Crippen molar-refractivity contribution in [3.05, 3.63) is 35.6 Å². The SMILES string of the molecule is CC(c1ccccc1F)N(C)CC1CCCC(C)(C)C1N. The molecule has 1 saturated carbocycles. The zero-order chi connectivity index (χ0) is 15.6. The largest absolute Gasteiger partial charge is 0.327 e. The van der Waals surface area contributed by atoms with Gasteiger partial charge in [-0.05, 0) is 44.2 Å². The highest BCUT2D eigenvalue weighted by molar-refractivity contribution is 5.20. The van der Waals surface area contributed by atoms with Gasteiger partial charge in [0.05, 0.1) is 0 Å². The van der Waals surface area contributed by atoms with Gasteiger partial charge in [-0.3, -0.25) is 4.90 Å². The van der Waals surface area contributed by atoms with Crippen LogP contribution in [0, 0.1) is 17.2 Å². The molecule has 0 aliphatic heterocycles. The van der Waals surface area contributed by atoms with E-state index in [9.17, 15) is 4.39 Å². The molecule has 118 valence electrons. The van der Waals surface area contributed by atoms with Crippen LogP contribution in [0.1, 0.15) is 51.6 Å². The lowest BCUT2D eigenvalue weighted by molar-refractivity contribution is 0.0983. The first-order chi connectivity index (χ1) is 9.83.